The molecule has 0 radical (unpaired) electrons. The van der Waals surface area contributed by atoms with Crippen molar-refractivity contribution in [2.24, 2.45) is 0 Å². The Bertz CT molecular complexity index is 391. The summed E-state index contributed by atoms with van der Waals surface area (Å²) in [5.74, 6) is 0.257. The number of rotatable bonds is 1. The van der Waals surface area contributed by atoms with Crippen molar-refractivity contribution in [3.63, 3.8) is 0 Å². The van der Waals surface area contributed by atoms with Gasteiger partial charge in [0.05, 0.1) is 0 Å². The van der Waals surface area contributed by atoms with Gasteiger partial charge < -0.3 is 0 Å². The topological polar surface area (TPSA) is 34.1 Å². The molecular weight excluding hydrogens is 164 g/mol. The Kier molecular flexibility index (Phi) is 1.76. The lowest BCUT2D eigenvalue weighted by molar-refractivity contribution is 0.0990. The molecule has 0 N–H and O–H groups in total. The molecule has 66 valence electrons. The lowest BCUT2D eigenvalue weighted by Gasteiger charge is -1.99. The van der Waals surface area contributed by atoms with Crippen molar-refractivity contribution in [2.45, 2.75) is 19.8 Å². The molecule has 0 saturated heterocycles. The molecule has 0 aromatic heterocycles. The van der Waals surface area contributed by atoms with E-state index in [1.54, 1.807) is 19.1 Å². The summed E-state index contributed by atoms with van der Waals surface area (Å²) in [5.41, 5.74) is 2.52. The Morgan fingerprint density at radius 3 is 2.77 bits per heavy atom. The van der Waals surface area contributed by atoms with Crippen LogP contribution in [0.15, 0.2) is 18.2 Å². The third-order valence-electron chi connectivity index (χ3n) is 2.43. The van der Waals surface area contributed by atoms with Gasteiger partial charge in [0, 0.05) is 17.5 Å². The van der Waals surface area contributed by atoms with Gasteiger partial charge in [-0.3, -0.25) is 9.59 Å². The molecule has 0 spiro atoms. The van der Waals surface area contributed by atoms with E-state index in [2.05, 4.69) is 0 Å². The number of fused-ring (bicyclic) bond motifs is 1. The molecule has 2 nitrogen and oxygen atoms in total. The first-order chi connectivity index (χ1) is 6.18. The van der Waals surface area contributed by atoms with Crippen LogP contribution in [-0.4, -0.2) is 11.6 Å². The van der Waals surface area contributed by atoms with Crippen LogP contribution < -0.4 is 0 Å². The first-order valence-corrected chi connectivity index (χ1v) is 4.35. The molecular formula is C11H10O2. The smallest absolute Gasteiger partial charge is 0.163 e. The Morgan fingerprint density at radius 2 is 2.08 bits per heavy atom. The number of carbonyl (C=O) groups excluding carboxylic acids is 2. The number of Topliss-reactive ketones (excluding diaryl/α,β-unsaturated/α-hetero) is 2. The predicted molar refractivity (Wildman–Crippen MR) is 49.1 cm³/mol. The molecule has 0 unspecified atom stereocenters. The van der Waals surface area contributed by atoms with E-state index in [0.717, 1.165) is 17.5 Å². The van der Waals surface area contributed by atoms with Crippen LogP contribution in [0.1, 0.15) is 39.6 Å². The SMILES string of the molecule is CC(=O)c1ccc2c(c1)CCC2=O. The maximum absolute atomic E-state index is 11.3. The largest absolute Gasteiger partial charge is 0.295 e. The van der Waals surface area contributed by atoms with Crippen LogP contribution in [-0.2, 0) is 6.42 Å². The lowest BCUT2D eigenvalue weighted by Crippen LogP contribution is -1.95. The molecule has 0 saturated carbocycles. The molecule has 0 bridgehead atoms. The molecule has 0 aliphatic heterocycles. The maximum Gasteiger partial charge on any atom is 0.163 e. The number of hydrogen-bond donors (Lipinski definition) is 0. The number of aryl methyl sites for hydroxylation is 1. The summed E-state index contributed by atoms with van der Waals surface area (Å²) >= 11 is 0. The van der Waals surface area contributed by atoms with E-state index in [-0.39, 0.29) is 11.6 Å². The second-order valence-electron chi connectivity index (χ2n) is 3.35. The van der Waals surface area contributed by atoms with Crippen LogP contribution in [0.25, 0.3) is 0 Å². The van der Waals surface area contributed by atoms with E-state index < -0.39 is 0 Å². The second-order valence-corrected chi connectivity index (χ2v) is 3.35. The summed E-state index contributed by atoms with van der Waals surface area (Å²) in [4.78, 5) is 22.3. The minimum Gasteiger partial charge on any atom is -0.295 e. The quantitative estimate of drug-likeness (QED) is 0.610. The van der Waals surface area contributed by atoms with Crippen LogP contribution >= 0.6 is 0 Å². The molecule has 1 aliphatic rings. The van der Waals surface area contributed by atoms with Crippen molar-refractivity contribution in [2.75, 3.05) is 0 Å². The van der Waals surface area contributed by atoms with Gasteiger partial charge in [-0.1, -0.05) is 12.1 Å². The predicted octanol–water partition coefficient (Wildman–Crippen LogP) is 2.02. The van der Waals surface area contributed by atoms with E-state index in [0.29, 0.717) is 12.0 Å². The minimum absolute atomic E-state index is 0.0575. The van der Waals surface area contributed by atoms with Crippen LogP contribution in [0, 0.1) is 0 Å². The lowest BCUT2D eigenvalue weighted by atomic mass is 10.0. The molecule has 0 fully saturated rings. The fourth-order valence-electron chi connectivity index (χ4n) is 1.67. The molecule has 1 aromatic carbocycles. The molecule has 0 amide bonds. The van der Waals surface area contributed by atoms with E-state index in [4.69, 9.17) is 0 Å². The molecule has 2 heteroatoms. The average molecular weight is 174 g/mol. The van der Waals surface area contributed by atoms with Crippen LogP contribution in [0.5, 0.6) is 0 Å². The maximum atomic E-state index is 11.3. The zero-order chi connectivity index (χ0) is 9.42. The Morgan fingerprint density at radius 1 is 1.31 bits per heavy atom. The van der Waals surface area contributed by atoms with Crippen LogP contribution in [0.3, 0.4) is 0 Å². The zero-order valence-electron chi connectivity index (χ0n) is 7.46. The molecule has 1 aromatic rings. The summed E-state index contributed by atoms with van der Waals surface area (Å²) in [6.45, 7) is 1.54. The minimum atomic E-state index is 0.0575. The second kappa shape index (κ2) is 2.80. The normalized spacial score (nSPS) is 14.4. The summed E-state index contributed by atoms with van der Waals surface area (Å²) < 4.78 is 0. The molecule has 13 heavy (non-hydrogen) atoms. The fourth-order valence-corrected chi connectivity index (χ4v) is 1.67. The van der Waals surface area contributed by atoms with E-state index in [9.17, 15) is 9.59 Å². The number of benzene rings is 1. The third kappa shape index (κ3) is 1.28. The molecule has 0 heterocycles. The van der Waals surface area contributed by atoms with E-state index >= 15 is 0 Å². The van der Waals surface area contributed by atoms with Crippen molar-refractivity contribution < 1.29 is 9.59 Å². The summed E-state index contributed by atoms with van der Waals surface area (Å²) in [5, 5.41) is 0. The van der Waals surface area contributed by atoms with Crippen LogP contribution in [0.4, 0.5) is 0 Å². The highest BCUT2D eigenvalue weighted by Gasteiger charge is 2.19. The average Bonchev–Trinajstić information content (AvgIpc) is 2.47. The van der Waals surface area contributed by atoms with Gasteiger partial charge in [0.2, 0.25) is 0 Å². The number of ketones is 2. The Hall–Kier alpha value is -1.44. The van der Waals surface area contributed by atoms with Gasteiger partial charge in [-0.05, 0) is 25.0 Å². The monoisotopic (exact) mass is 174 g/mol. The number of carbonyl (C=O) groups is 2. The Labute approximate surface area is 76.6 Å². The standard InChI is InChI=1S/C11H10O2/c1-7(12)8-2-4-10-9(6-8)3-5-11(10)13/h2,4,6H,3,5H2,1H3. The zero-order valence-corrected chi connectivity index (χ0v) is 7.46. The molecule has 1 aliphatic carbocycles. The molecule has 0 atom stereocenters. The van der Waals surface area contributed by atoms with E-state index in [1.165, 1.54) is 0 Å². The van der Waals surface area contributed by atoms with Crippen molar-refractivity contribution in [1.29, 1.82) is 0 Å². The first-order valence-electron chi connectivity index (χ1n) is 4.35. The number of hydrogen-bond acceptors (Lipinski definition) is 2. The highest BCUT2D eigenvalue weighted by molar-refractivity contribution is 6.02. The van der Waals surface area contributed by atoms with Gasteiger partial charge in [-0.15, -0.1) is 0 Å². The Balaban J connectivity index is 2.51. The third-order valence-corrected chi connectivity index (χ3v) is 2.43. The summed E-state index contributed by atoms with van der Waals surface area (Å²) in [6.07, 6.45) is 1.38. The van der Waals surface area contributed by atoms with Gasteiger partial charge in [-0.25, -0.2) is 0 Å². The summed E-state index contributed by atoms with van der Waals surface area (Å²) in [6, 6.07) is 5.33. The first kappa shape index (κ1) is 8.17. The van der Waals surface area contributed by atoms with Crippen LogP contribution in [0.2, 0.25) is 0 Å². The van der Waals surface area contributed by atoms with Crippen molar-refractivity contribution in [1.82, 2.24) is 0 Å². The molecule has 2 rings (SSSR count). The van der Waals surface area contributed by atoms with Crippen molar-refractivity contribution in [3.8, 4) is 0 Å². The van der Waals surface area contributed by atoms with Crippen molar-refractivity contribution in [3.05, 3.63) is 34.9 Å². The van der Waals surface area contributed by atoms with Gasteiger partial charge in [0.1, 0.15) is 0 Å². The summed E-state index contributed by atoms with van der Waals surface area (Å²) in [7, 11) is 0. The fraction of sp³-hybridized carbons (Fsp3) is 0.273. The highest BCUT2D eigenvalue weighted by atomic mass is 16.1. The van der Waals surface area contributed by atoms with E-state index in [1.807, 2.05) is 6.07 Å². The van der Waals surface area contributed by atoms with Gasteiger partial charge >= 0.3 is 0 Å². The van der Waals surface area contributed by atoms with Crippen molar-refractivity contribution >= 4 is 11.6 Å². The van der Waals surface area contributed by atoms with Gasteiger partial charge in [-0.2, -0.15) is 0 Å². The van der Waals surface area contributed by atoms with Gasteiger partial charge in [0.15, 0.2) is 11.6 Å². The highest BCUT2D eigenvalue weighted by Crippen LogP contribution is 2.22. The van der Waals surface area contributed by atoms with Gasteiger partial charge in [0.25, 0.3) is 0 Å².